The molecule has 1 N–H and O–H groups in total. The molecule has 15 heavy (non-hydrogen) atoms. The maximum Gasteiger partial charge on any atom is 0.212 e. The Morgan fingerprint density at radius 3 is 2.87 bits per heavy atom. The Hall–Kier alpha value is -0.520. The van der Waals surface area contributed by atoms with Gasteiger partial charge in [-0.1, -0.05) is 0 Å². The number of hydrogen-bond acceptors (Lipinski definition) is 3. The Morgan fingerprint density at radius 2 is 2.33 bits per heavy atom. The van der Waals surface area contributed by atoms with Crippen LogP contribution in [0.1, 0.15) is 25.1 Å². The van der Waals surface area contributed by atoms with Gasteiger partial charge in [-0.15, -0.1) is 11.6 Å². The van der Waals surface area contributed by atoms with Gasteiger partial charge in [-0.3, -0.25) is 0 Å². The molecule has 0 aliphatic heterocycles. The summed E-state index contributed by atoms with van der Waals surface area (Å²) < 4.78 is 30.6. The van der Waals surface area contributed by atoms with Gasteiger partial charge < -0.3 is 4.42 Å². The number of sulfonamides is 1. The van der Waals surface area contributed by atoms with Crippen LogP contribution in [-0.4, -0.2) is 20.1 Å². The van der Waals surface area contributed by atoms with Gasteiger partial charge in [0.15, 0.2) is 0 Å². The molecular weight excluding hydrogens is 238 g/mol. The molecule has 0 aromatic carbocycles. The smallest absolute Gasteiger partial charge is 0.212 e. The van der Waals surface area contributed by atoms with E-state index in [1.807, 2.05) is 0 Å². The predicted octanol–water partition coefficient (Wildman–Crippen LogP) is 1.89. The van der Waals surface area contributed by atoms with Crippen molar-refractivity contribution in [1.82, 2.24) is 4.72 Å². The van der Waals surface area contributed by atoms with Crippen LogP contribution in [0.3, 0.4) is 0 Å². The van der Waals surface area contributed by atoms with Crippen molar-refractivity contribution in [3.63, 3.8) is 0 Å². The Morgan fingerprint density at radius 1 is 1.60 bits per heavy atom. The average Bonchev–Trinajstić information content (AvgIpc) is 2.67. The lowest BCUT2D eigenvalue weighted by Gasteiger charge is -2.11. The van der Waals surface area contributed by atoms with E-state index >= 15 is 0 Å². The lowest BCUT2D eigenvalue weighted by atomic mass is 10.3. The van der Waals surface area contributed by atoms with E-state index in [4.69, 9.17) is 16.0 Å². The Balaban J connectivity index is 2.54. The number of halogens is 1. The molecule has 0 saturated carbocycles. The molecular formula is C9H14ClNO3S. The van der Waals surface area contributed by atoms with Gasteiger partial charge in [0.2, 0.25) is 10.0 Å². The number of furan rings is 1. The lowest BCUT2D eigenvalue weighted by molar-refractivity contribution is 0.459. The maximum atomic E-state index is 11.5. The molecule has 6 heteroatoms. The summed E-state index contributed by atoms with van der Waals surface area (Å²) in [5.74, 6) is 0.988. The Kier molecular flexibility index (Phi) is 4.63. The standard InChI is InChI=1S/C9H14ClNO3S/c1-8(9-4-2-6-14-9)11-15(12,13)7-3-5-10/h2,4,6,8,11H,3,5,7H2,1H3/t8-/m0/s1. The molecule has 0 amide bonds. The van der Waals surface area contributed by atoms with E-state index in [0.717, 1.165) is 0 Å². The van der Waals surface area contributed by atoms with Crippen molar-refractivity contribution in [3.05, 3.63) is 24.2 Å². The summed E-state index contributed by atoms with van der Waals surface area (Å²) >= 11 is 5.43. The van der Waals surface area contributed by atoms with Crippen LogP contribution in [-0.2, 0) is 10.0 Å². The van der Waals surface area contributed by atoms with E-state index in [-0.39, 0.29) is 11.8 Å². The van der Waals surface area contributed by atoms with Gasteiger partial charge in [0.05, 0.1) is 18.1 Å². The summed E-state index contributed by atoms with van der Waals surface area (Å²) in [6.07, 6.45) is 1.96. The van der Waals surface area contributed by atoms with E-state index < -0.39 is 10.0 Å². The van der Waals surface area contributed by atoms with Crippen molar-refractivity contribution in [2.45, 2.75) is 19.4 Å². The molecule has 0 radical (unpaired) electrons. The van der Waals surface area contributed by atoms with Crippen LogP contribution < -0.4 is 4.72 Å². The van der Waals surface area contributed by atoms with E-state index in [1.165, 1.54) is 6.26 Å². The molecule has 0 bridgehead atoms. The fourth-order valence-electron chi connectivity index (χ4n) is 1.17. The second-order valence-corrected chi connectivity index (χ2v) is 5.47. The van der Waals surface area contributed by atoms with Crippen molar-refractivity contribution in [3.8, 4) is 0 Å². The van der Waals surface area contributed by atoms with Crippen molar-refractivity contribution in [2.24, 2.45) is 0 Å². The minimum absolute atomic E-state index is 0.0432. The largest absolute Gasteiger partial charge is 0.468 e. The summed E-state index contributed by atoms with van der Waals surface area (Å²) in [5, 5.41) is 0. The van der Waals surface area contributed by atoms with Crippen LogP contribution in [0.4, 0.5) is 0 Å². The Bertz CT molecular complexity index is 374. The number of hydrogen-bond donors (Lipinski definition) is 1. The zero-order valence-electron chi connectivity index (χ0n) is 8.44. The third-order valence-electron chi connectivity index (χ3n) is 1.87. The summed E-state index contributed by atoms with van der Waals surface area (Å²) in [6.45, 7) is 1.73. The fraction of sp³-hybridized carbons (Fsp3) is 0.556. The van der Waals surface area contributed by atoms with E-state index in [0.29, 0.717) is 18.1 Å². The first kappa shape index (κ1) is 12.5. The normalized spacial score (nSPS) is 14.0. The van der Waals surface area contributed by atoms with Crippen molar-refractivity contribution in [1.29, 1.82) is 0 Å². The molecule has 1 atom stereocenters. The number of rotatable bonds is 6. The molecule has 0 saturated heterocycles. The molecule has 86 valence electrons. The molecule has 4 nitrogen and oxygen atoms in total. The molecule has 1 aromatic rings. The summed E-state index contributed by atoms with van der Waals surface area (Å²) in [7, 11) is -3.26. The number of alkyl halides is 1. The maximum absolute atomic E-state index is 11.5. The molecule has 1 rings (SSSR count). The minimum Gasteiger partial charge on any atom is -0.468 e. The molecule has 1 aromatic heterocycles. The molecule has 0 aliphatic carbocycles. The molecule has 0 spiro atoms. The SMILES string of the molecule is C[C@H](NS(=O)(=O)CCCCl)c1ccco1. The van der Waals surface area contributed by atoms with Gasteiger partial charge in [0.1, 0.15) is 5.76 Å². The Labute approximate surface area is 94.7 Å². The third-order valence-corrected chi connectivity index (χ3v) is 3.68. The highest BCUT2D eigenvalue weighted by Gasteiger charge is 2.16. The van der Waals surface area contributed by atoms with Gasteiger partial charge in [-0.25, -0.2) is 13.1 Å². The first-order valence-corrected chi connectivity index (χ1v) is 6.83. The van der Waals surface area contributed by atoms with Crippen LogP contribution >= 0.6 is 11.6 Å². The van der Waals surface area contributed by atoms with Crippen molar-refractivity contribution < 1.29 is 12.8 Å². The highest BCUT2D eigenvalue weighted by Crippen LogP contribution is 2.13. The van der Waals surface area contributed by atoms with Crippen LogP contribution in [0.25, 0.3) is 0 Å². The van der Waals surface area contributed by atoms with E-state index in [1.54, 1.807) is 19.1 Å². The predicted molar refractivity (Wildman–Crippen MR) is 59.4 cm³/mol. The van der Waals surface area contributed by atoms with Gasteiger partial charge in [-0.2, -0.15) is 0 Å². The van der Waals surface area contributed by atoms with Gasteiger partial charge >= 0.3 is 0 Å². The fourth-order valence-corrected chi connectivity index (χ4v) is 2.76. The molecule has 0 aliphatic rings. The van der Waals surface area contributed by atoms with Crippen molar-refractivity contribution >= 4 is 21.6 Å². The van der Waals surface area contributed by atoms with Gasteiger partial charge in [0.25, 0.3) is 0 Å². The zero-order chi connectivity index (χ0) is 11.3. The van der Waals surface area contributed by atoms with Crippen LogP contribution in [0, 0.1) is 0 Å². The summed E-state index contributed by atoms with van der Waals surface area (Å²) in [6, 6.07) is 3.11. The van der Waals surface area contributed by atoms with Gasteiger partial charge in [0, 0.05) is 5.88 Å². The second-order valence-electron chi connectivity index (χ2n) is 3.22. The monoisotopic (exact) mass is 251 g/mol. The summed E-state index contributed by atoms with van der Waals surface area (Å²) in [5.41, 5.74) is 0. The minimum atomic E-state index is -3.26. The van der Waals surface area contributed by atoms with E-state index in [2.05, 4.69) is 4.72 Å². The molecule has 0 fully saturated rings. The summed E-state index contributed by atoms with van der Waals surface area (Å²) in [4.78, 5) is 0. The van der Waals surface area contributed by atoms with Crippen LogP contribution in [0.2, 0.25) is 0 Å². The van der Waals surface area contributed by atoms with Gasteiger partial charge in [-0.05, 0) is 25.5 Å². The van der Waals surface area contributed by atoms with Crippen LogP contribution in [0.5, 0.6) is 0 Å². The molecule has 1 heterocycles. The quantitative estimate of drug-likeness (QED) is 0.786. The topological polar surface area (TPSA) is 59.3 Å². The average molecular weight is 252 g/mol. The van der Waals surface area contributed by atoms with E-state index in [9.17, 15) is 8.42 Å². The second kappa shape index (κ2) is 5.53. The highest BCUT2D eigenvalue weighted by atomic mass is 35.5. The van der Waals surface area contributed by atoms with Crippen LogP contribution in [0.15, 0.2) is 22.8 Å². The molecule has 0 unspecified atom stereocenters. The first-order chi connectivity index (χ1) is 7.05. The van der Waals surface area contributed by atoms with Crippen molar-refractivity contribution in [2.75, 3.05) is 11.6 Å². The number of nitrogens with one attached hydrogen (secondary N) is 1. The highest BCUT2D eigenvalue weighted by molar-refractivity contribution is 7.89. The zero-order valence-corrected chi connectivity index (χ0v) is 10.0. The third kappa shape index (κ3) is 4.24. The lowest BCUT2D eigenvalue weighted by Crippen LogP contribution is -2.29. The first-order valence-electron chi connectivity index (χ1n) is 4.64.